The summed E-state index contributed by atoms with van der Waals surface area (Å²) >= 11 is 0. The molecule has 0 spiro atoms. The van der Waals surface area contributed by atoms with Crippen LogP contribution in [0, 0.1) is 6.57 Å². The van der Waals surface area contributed by atoms with Crippen molar-refractivity contribution in [1.82, 2.24) is 0 Å². The molecule has 0 aliphatic rings. The van der Waals surface area contributed by atoms with E-state index in [1.54, 1.807) is 0 Å². The molecule has 0 aliphatic carbocycles. The zero-order valence-electron chi connectivity index (χ0n) is 8.72. The van der Waals surface area contributed by atoms with Gasteiger partial charge in [-0.2, -0.15) is 22.0 Å². The number of rotatable bonds is 2. The van der Waals surface area contributed by atoms with E-state index in [2.05, 4.69) is 4.85 Å². The van der Waals surface area contributed by atoms with Gasteiger partial charge < -0.3 is 4.85 Å². The quantitative estimate of drug-likeness (QED) is 0.543. The molecule has 1 aromatic carbocycles. The van der Waals surface area contributed by atoms with Gasteiger partial charge in [0.15, 0.2) is 0 Å². The predicted molar refractivity (Wildman–Crippen MR) is 51.4 cm³/mol. The third-order valence-electron chi connectivity index (χ3n) is 2.28. The second-order valence-corrected chi connectivity index (χ2v) is 3.50. The first-order valence-electron chi connectivity index (χ1n) is 4.61. The smallest absolute Gasteiger partial charge is 0.309 e. The molecule has 1 aromatic rings. The lowest BCUT2D eigenvalue weighted by atomic mass is 10.0. The van der Waals surface area contributed by atoms with Crippen molar-refractivity contribution in [3.63, 3.8) is 0 Å². The van der Waals surface area contributed by atoms with Gasteiger partial charge in [0.2, 0.25) is 6.04 Å². The van der Waals surface area contributed by atoms with Crippen LogP contribution in [0.15, 0.2) is 24.3 Å². The van der Waals surface area contributed by atoms with Crippen LogP contribution in [-0.2, 0) is 5.92 Å². The van der Waals surface area contributed by atoms with E-state index in [1.165, 1.54) is 13.0 Å². The topological polar surface area (TPSA) is 4.36 Å². The second kappa shape index (κ2) is 4.32. The number of benzene rings is 1. The highest BCUT2D eigenvalue weighted by Crippen LogP contribution is 2.44. The minimum atomic E-state index is -5.63. The van der Waals surface area contributed by atoms with Gasteiger partial charge in [-0.3, -0.25) is 0 Å². The molecule has 0 saturated carbocycles. The number of hydrogen-bond donors (Lipinski definition) is 0. The fourth-order valence-corrected chi connectivity index (χ4v) is 1.23. The van der Waals surface area contributed by atoms with E-state index in [0.717, 1.165) is 12.1 Å². The molecule has 0 fully saturated rings. The van der Waals surface area contributed by atoms with Crippen LogP contribution < -0.4 is 0 Å². The molecule has 0 N–H and O–H groups in total. The molecular formula is C11H8F5N. The Morgan fingerprint density at radius 3 is 2.24 bits per heavy atom. The first-order chi connectivity index (χ1) is 7.70. The van der Waals surface area contributed by atoms with E-state index in [9.17, 15) is 22.0 Å². The zero-order chi connectivity index (χ0) is 13.3. The normalized spacial score (nSPS) is 14.2. The van der Waals surface area contributed by atoms with Gasteiger partial charge in [-0.15, -0.1) is 0 Å². The van der Waals surface area contributed by atoms with E-state index in [1.807, 2.05) is 0 Å². The summed E-state index contributed by atoms with van der Waals surface area (Å²) in [6.07, 6.45) is -5.63. The van der Waals surface area contributed by atoms with Crippen molar-refractivity contribution in [3.8, 4) is 0 Å². The molecule has 0 aliphatic heterocycles. The van der Waals surface area contributed by atoms with Crippen LogP contribution in [0.5, 0.6) is 0 Å². The maximum absolute atomic E-state index is 13.0. The third-order valence-corrected chi connectivity index (χ3v) is 2.28. The van der Waals surface area contributed by atoms with Crippen molar-refractivity contribution in [2.24, 2.45) is 0 Å². The molecule has 17 heavy (non-hydrogen) atoms. The van der Waals surface area contributed by atoms with Gasteiger partial charge in [0.1, 0.15) is 0 Å². The molecule has 0 amide bonds. The maximum Gasteiger partial charge on any atom is 0.458 e. The second-order valence-electron chi connectivity index (χ2n) is 3.50. The maximum atomic E-state index is 13.0. The average Bonchev–Trinajstić information content (AvgIpc) is 2.26. The summed E-state index contributed by atoms with van der Waals surface area (Å²) < 4.78 is 62.4. The molecule has 1 nitrogen and oxygen atoms in total. The van der Waals surface area contributed by atoms with E-state index in [4.69, 9.17) is 6.57 Å². The van der Waals surface area contributed by atoms with Gasteiger partial charge in [-0.1, -0.05) is 18.2 Å². The first-order valence-corrected chi connectivity index (χ1v) is 4.61. The van der Waals surface area contributed by atoms with E-state index in [-0.39, 0.29) is 5.56 Å². The lowest BCUT2D eigenvalue weighted by Crippen LogP contribution is -2.33. The standard InChI is InChI=1S/C11H8F5N/c1-7(17-2)8-4-3-5-9(6-8)10(12,13)11(14,15)16/h3-7H,1H3. The fraction of sp³-hybridized carbons (Fsp3) is 0.364. The van der Waals surface area contributed by atoms with Crippen LogP contribution in [0.2, 0.25) is 0 Å². The van der Waals surface area contributed by atoms with Crippen LogP contribution >= 0.6 is 0 Å². The van der Waals surface area contributed by atoms with Crippen LogP contribution in [0.25, 0.3) is 4.85 Å². The van der Waals surface area contributed by atoms with E-state index < -0.39 is 23.7 Å². The monoisotopic (exact) mass is 249 g/mol. The van der Waals surface area contributed by atoms with Gasteiger partial charge in [0.25, 0.3) is 0 Å². The van der Waals surface area contributed by atoms with Gasteiger partial charge >= 0.3 is 12.1 Å². The van der Waals surface area contributed by atoms with Crippen LogP contribution in [0.4, 0.5) is 22.0 Å². The Bertz CT molecular complexity index is 444. The Kier molecular flexibility index (Phi) is 3.41. The highest BCUT2D eigenvalue weighted by molar-refractivity contribution is 5.30. The molecule has 1 atom stereocenters. The van der Waals surface area contributed by atoms with Crippen molar-refractivity contribution in [2.75, 3.05) is 0 Å². The third kappa shape index (κ3) is 2.54. The SMILES string of the molecule is [C-]#[N+]C(C)c1cccc(C(F)(F)C(F)(F)F)c1. The number of alkyl halides is 5. The summed E-state index contributed by atoms with van der Waals surface area (Å²) in [6.45, 7) is 8.14. The Morgan fingerprint density at radius 2 is 1.76 bits per heavy atom. The summed E-state index contributed by atoms with van der Waals surface area (Å²) in [5, 5.41) is 0. The lowest BCUT2D eigenvalue weighted by Gasteiger charge is -2.20. The van der Waals surface area contributed by atoms with Crippen LogP contribution in [-0.4, -0.2) is 6.18 Å². The van der Waals surface area contributed by atoms with Gasteiger partial charge in [0.05, 0.1) is 0 Å². The minimum absolute atomic E-state index is 0.140. The van der Waals surface area contributed by atoms with Crippen molar-refractivity contribution in [1.29, 1.82) is 0 Å². The zero-order valence-corrected chi connectivity index (χ0v) is 8.72. The number of halogens is 5. The lowest BCUT2D eigenvalue weighted by molar-refractivity contribution is -0.289. The predicted octanol–water partition coefficient (Wildman–Crippen LogP) is 4.32. The highest BCUT2D eigenvalue weighted by Gasteiger charge is 2.58. The molecular weight excluding hydrogens is 241 g/mol. The van der Waals surface area contributed by atoms with E-state index in [0.29, 0.717) is 6.07 Å². The average molecular weight is 249 g/mol. The summed E-state index contributed by atoms with van der Waals surface area (Å²) in [6, 6.07) is 3.10. The van der Waals surface area contributed by atoms with Crippen LogP contribution in [0.3, 0.4) is 0 Å². The summed E-state index contributed by atoms with van der Waals surface area (Å²) in [5.41, 5.74) is -1.00. The Labute approximate surface area is 94.7 Å². The number of hydrogen-bond acceptors (Lipinski definition) is 0. The number of nitrogens with zero attached hydrogens (tertiary/aromatic N) is 1. The van der Waals surface area contributed by atoms with Crippen molar-refractivity contribution < 1.29 is 22.0 Å². The Hall–Kier alpha value is -1.64. The Morgan fingerprint density at radius 1 is 1.18 bits per heavy atom. The first kappa shape index (κ1) is 13.4. The largest absolute Gasteiger partial charge is 0.458 e. The molecule has 6 heteroatoms. The molecule has 92 valence electrons. The molecule has 0 bridgehead atoms. The molecule has 0 heterocycles. The summed E-state index contributed by atoms with van der Waals surface area (Å²) in [7, 11) is 0. The highest BCUT2D eigenvalue weighted by atomic mass is 19.4. The van der Waals surface area contributed by atoms with Gasteiger partial charge in [-0.25, -0.2) is 6.57 Å². The molecule has 1 rings (SSSR count). The Balaban J connectivity index is 3.22. The van der Waals surface area contributed by atoms with Crippen molar-refractivity contribution >= 4 is 0 Å². The van der Waals surface area contributed by atoms with Crippen molar-refractivity contribution in [2.45, 2.75) is 25.1 Å². The molecule has 0 radical (unpaired) electrons. The summed E-state index contributed by atoms with van der Waals surface area (Å²) in [5.74, 6) is -4.90. The molecule has 0 saturated heterocycles. The van der Waals surface area contributed by atoms with Gasteiger partial charge in [-0.05, 0) is 6.07 Å². The molecule has 1 unspecified atom stereocenters. The molecule has 0 aromatic heterocycles. The van der Waals surface area contributed by atoms with E-state index >= 15 is 0 Å². The van der Waals surface area contributed by atoms with Crippen LogP contribution in [0.1, 0.15) is 24.1 Å². The fourth-order valence-electron chi connectivity index (χ4n) is 1.23. The summed E-state index contributed by atoms with van der Waals surface area (Å²) in [4.78, 5) is 3.07. The van der Waals surface area contributed by atoms with Crippen molar-refractivity contribution in [3.05, 3.63) is 46.8 Å². The minimum Gasteiger partial charge on any atom is -0.309 e. The van der Waals surface area contributed by atoms with Gasteiger partial charge in [0, 0.05) is 18.1 Å².